The fraction of sp³-hybridized carbons (Fsp3) is 0.706. The number of ether oxygens (including phenoxy) is 1. The molecule has 1 saturated carbocycles. The van der Waals surface area contributed by atoms with E-state index in [0.29, 0.717) is 11.6 Å². The molecule has 3 rings (SSSR count). The van der Waals surface area contributed by atoms with Gasteiger partial charge in [-0.05, 0) is 25.7 Å². The van der Waals surface area contributed by atoms with E-state index in [4.69, 9.17) is 4.74 Å². The largest absolute Gasteiger partial charge is 0.468 e. The summed E-state index contributed by atoms with van der Waals surface area (Å²) in [5.74, 6) is 0.261. The van der Waals surface area contributed by atoms with Crippen LogP contribution in [0.2, 0.25) is 0 Å². The number of hydrogen-bond acceptors (Lipinski definition) is 4. The van der Waals surface area contributed by atoms with Gasteiger partial charge in [0, 0.05) is 32.2 Å². The number of nitrogens with zero attached hydrogens (tertiary/aromatic N) is 3. The van der Waals surface area contributed by atoms with Crippen LogP contribution in [0.15, 0.2) is 6.07 Å². The standard InChI is InChI=1S/C17H26N4O3/c1-20-16(24-12-15(22)21-9-5-6-10-21)11-14(19-20)17(23)18-13-7-3-2-4-8-13/h11,13H,2-10,12H2,1H3,(H,18,23). The minimum Gasteiger partial charge on any atom is -0.468 e. The van der Waals surface area contributed by atoms with Crippen LogP contribution in [0, 0.1) is 0 Å². The highest BCUT2D eigenvalue weighted by Gasteiger charge is 2.21. The number of amides is 2. The molecule has 1 aromatic heterocycles. The van der Waals surface area contributed by atoms with Crippen LogP contribution in [-0.4, -0.2) is 52.2 Å². The van der Waals surface area contributed by atoms with Gasteiger partial charge in [0.2, 0.25) is 5.88 Å². The van der Waals surface area contributed by atoms with Crippen LogP contribution >= 0.6 is 0 Å². The topological polar surface area (TPSA) is 76.5 Å². The molecule has 1 aromatic rings. The second-order valence-electron chi connectivity index (χ2n) is 6.68. The van der Waals surface area contributed by atoms with Crippen molar-refractivity contribution in [3.8, 4) is 5.88 Å². The molecule has 24 heavy (non-hydrogen) atoms. The molecule has 0 unspecified atom stereocenters. The number of carbonyl (C=O) groups is 2. The van der Waals surface area contributed by atoms with Crippen LogP contribution < -0.4 is 10.1 Å². The molecule has 1 aliphatic heterocycles. The zero-order chi connectivity index (χ0) is 16.9. The van der Waals surface area contributed by atoms with Crippen molar-refractivity contribution < 1.29 is 14.3 Å². The average molecular weight is 334 g/mol. The molecule has 7 nitrogen and oxygen atoms in total. The third-order valence-electron chi connectivity index (χ3n) is 4.81. The Morgan fingerprint density at radius 1 is 1.21 bits per heavy atom. The smallest absolute Gasteiger partial charge is 0.272 e. The van der Waals surface area contributed by atoms with E-state index in [1.807, 2.05) is 4.90 Å². The number of likely N-dealkylation sites (tertiary alicyclic amines) is 1. The maximum atomic E-state index is 12.3. The molecule has 0 atom stereocenters. The summed E-state index contributed by atoms with van der Waals surface area (Å²) in [5.41, 5.74) is 0.340. The molecular weight excluding hydrogens is 308 g/mol. The molecule has 2 amide bonds. The molecule has 1 aliphatic carbocycles. The minimum absolute atomic E-state index is 0.0107. The van der Waals surface area contributed by atoms with Gasteiger partial charge in [-0.2, -0.15) is 5.10 Å². The van der Waals surface area contributed by atoms with E-state index >= 15 is 0 Å². The summed E-state index contributed by atoms with van der Waals surface area (Å²) < 4.78 is 7.07. The minimum atomic E-state index is -0.168. The molecule has 2 fully saturated rings. The number of carbonyl (C=O) groups excluding carboxylic acids is 2. The Kier molecular flexibility index (Phi) is 5.37. The molecular formula is C17H26N4O3. The van der Waals surface area contributed by atoms with Crippen molar-refractivity contribution in [3.63, 3.8) is 0 Å². The van der Waals surface area contributed by atoms with E-state index in [1.165, 1.54) is 23.9 Å². The normalized spacial score (nSPS) is 18.6. The Morgan fingerprint density at radius 2 is 1.92 bits per heavy atom. The van der Waals surface area contributed by atoms with Gasteiger partial charge in [-0.1, -0.05) is 19.3 Å². The first-order chi connectivity index (χ1) is 11.6. The first-order valence-electron chi connectivity index (χ1n) is 8.89. The Labute approximate surface area is 142 Å². The predicted octanol–water partition coefficient (Wildman–Crippen LogP) is 1.48. The summed E-state index contributed by atoms with van der Waals surface area (Å²) in [6.45, 7) is 1.61. The summed E-state index contributed by atoms with van der Waals surface area (Å²) >= 11 is 0. The van der Waals surface area contributed by atoms with Crippen molar-refractivity contribution in [2.75, 3.05) is 19.7 Å². The number of aryl methyl sites for hydroxylation is 1. The molecule has 0 radical (unpaired) electrons. The Bertz CT molecular complexity index is 587. The summed E-state index contributed by atoms with van der Waals surface area (Å²) in [6.07, 6.45) is 7.77. The molecule has 0 spiro atoms. The second-order valence-corrected chi connectivity index (χ2v) is 6.68. The van der Waals surface area contributed by atoms with Gasteiger partial charge in [0.15, 0.2) is 12.3 Å². The number of hydrogen-bond donors (Lipinski definition) is 1. The third-order valence-corrected chi connectivity index (χ3v) is 4.81. The van der Waals surface area contributed by atoms with Gasteiger partial charge in [-0.15, -0.1) is 0 Å². The number of nitrogens with one attached hydrogen (secondary N) is 1. The number of aromatic nitrogens is 2. The van der Waals surface area contributed by atoms with Crippen LogP contribution in [0.4, 0.5) is 0 Å². The maximum Gasteiger partial charge on any atom is 0.272 e. The van der Waals surface area contributed by atoms with Crippen molar-refractivity contribution in [1.29, 1.82) is 0 Å². The first kappa shape index (κ1) is 16.8. The highest BCUT2D eigenvalue weighted by molar-refractivity contribution is 5.92. The summed E-state index contributed by atoms with van der Waals surface area (Å²) in [6, 6.07) is 1.85. The zero-order valence-electron chi connectivity index (χ0n) is 14.3. The average Bonchev–Trinajstić information content (AvgIpc) is 3.23. The van der Waals surface area contributed by atoms with Crippen LogP contribution in [0.1, 0.15) is 55.4 Å². The van der Waals surface area contributed by atoms with Gasteiger partial charge in [0.1, 0.15) is 0 Å². The predicted molar refractivity (Wildman–Crippen MR) is 88.9 cm³/mol. The molecule has 2 aliphatic rings. The SMILES string of the molecule is Cn1nc(C(=O)NC2CCCCC2)cc1OCC(=O)N1CCCC1. The van der Waals surface area contributed by atoms with Crippen LogP contribution in [-0.2, 0) is 11.8 Å². The van der Waals surface area contributed by atoms with Crippen LogP contribution in [0.3, 0.4) is 0 Å². The highest BCUT2D eigenvalue weighted by Crippen LogP contribution is 2.18. The lowest BCUT2D eigenvalue weighted by atomic mass is 9.95. The van der Waals surface area contributed by atoms with Gasteiger partial charge in [-0.3, -0.25) is 9.59 Å². The van der Waals surface area contributed by atoms with Crippen molar-refractivity contribution in [2.45, 2.75) is 51.0 Å². The lowest BCUT2D eigenvalue weighted by Gasteiger charge is -2.22. The first-order valence-corrected chi connectivity index (χ1v) is 8.89. The quantitative estimate of drug-likeness (QED) is 0.885. The summed E-state index contributed by atoms with van der Waals surface area (Å²) in [4.78, 5) is 26.1. The lowest BCUT2D eigenvalue weighted by molar-refractivity contribution is -0.132. The monoisotopic (exact) mass is 334 g/mol. The van der Waals surface area contributed by atoms with Gasteiger partial charge >= 0.3 is 0 Å². The lowest BCUT2D eigenvalue weighted by Crippen LogP contribution is -2.36. The van der Waals surface area contributed by atoms with E-state index in [0.717, 1.165) is 38.8 Å². The van der Waals surface area contributed by atoms with E-state index in [1.54, 1.807) is 13.1 Å². The summed E-state index contributed by atoms with van der Waals surface area (Å²) in [5, 5.41) is 7.25. The Balaban J connectivity index is 1.53. The van der Waals surface area contributed by atoms with E-state index in [9.17, 15) is 9.59 Å². The molecule has 132 valence electrons. The maximum absolute atomic E-state index is 12.3. The van der Waals surface area contributed by atoms with Crippen molar-refractivity contribution in [1.82, 2.24) is 20.0 Å². The molecule has 1 N–H and O–H groups in total. The highest BCUT2D eigenvalue weighted by atomic mass is 16.5. The fourth-order valence-electron chi connectivity index (χ4n) is 3.40. The van der Waals surface area contributed by atoms with Crippen molar-refractivity contribution >= 4 is 11.8 Å². The van der Waals surface area contributed by atoms with Gasteiger partial charge < -0.3 is 15.0 Å². The van der Waals surface area contributed by atoms with Crippen LogP contribution in [0.25, 0.3) is 0 Å². The van der Waals surface area contributed by atoms with Crippen molar-refractivity contribution in [2.24, 2.45) is 7.05 Å². The van der Waals surface area contributed by atoms with Gasteiger partial charge in [0.25, 0.3) is 11.8 Å². The van der Waals surface area contributed by atoms with Crippen LogP contribution in [0.5, 0.6) is 5.88 Å². The van der Waals surface area contributed by atoms with Gasteiger partial charge in [0.05, 0.1) is 0 Å². The van der Waals surface area contributed by atoms with E-state index in [2.05, 4.69) is 10.4 Å². The molecule has 2 heterocycles. The van der Waals surface area contributed by atoms with Crippen molar-refractivity contribution in [3.05, 3.63) is 11.8 Å². The zero-order valence-corrected chi connectivity index (χ0v) is 14.3. The van der Waals surface area contributed by atoms with E-state index in [-0.39, 0.29) is 24.5 Å². The molecule has 0 bridgehead atoms. The van der Waals surface area contributed by atoms with E-state index < -0.39 is 0 Å². The molecule has 7 heteroatoms. The molecule has 1 saturated heterocycles. The molecule has 0 aromatic carbocycles. The van der Waals surface area contributed by atoms with Gasteiger partial charge in [-0.25, -0.2) is 4.68 Å². The summed E-state index contributed by atoms with van der Waals surface area (Å²) in [7, 11) is 1.72. The number of rotatable bonds is 5. The Morgan fingerprint density at radius 3 is 2.62 bits per heavy atom. The third kappa shape index (κ3) is 4.07. The second kappa shape index (κ2) is 7.68. The fourth-order valence-corrected chi connectivity index (χ4v) is 3.40. The Hall–Kier alpha value is -2.05.